The molecule has 1 aliphatic carbocycles. The number of rotatable bonds is 6. The summed E-state index contributed by atoms with van der Waals surface area (Å²) in [6, 6.07) is 0.498. The monoisotopic (exact) mass is 227 g/mol. The lowest BCUT2D eigenvalue weighted by Crippen LogP contribution is -2.43. The van der Waals surface area contributed by atoms with Crippen LogP contribution in [-0.2, 0) is 4.79 Å². The smallest absolute Gasteiger partial charge is 0.234 e. The molecule has 0 saturated heterocycles. The molecule has 1 rings (SSSR count). The van der Waals surface area contributed by atoms with E-state index in [1.54, 1.807) is 0 Å². The van der Waals surface area contributed by atoms with Crippen molar-refractivity contribution in [1.29, 1.82) is 0 Å². The lowest BCUT2D eigenvalue weighted by atomic mass is 10.0. The molecule has 0 aromatic heterocycles. The molecule has 0 bridgehead atoms. The van der Waals surface area contributed by atoms with Gasteiger partial charge in [0.15, 0.2) is 0 Å². The van der Waals surface area contributed by atoms with Crippen LogP contribution < -0.4 is 11.1 Å². The predicted octanol–water partition coefficient (Wildman–Crippen LogP) is 0.572. The van der Waals surface area contributed by atoms with Gasteiger partial charge in [0.05, 0.1) is 6.54 Å². The second-order valence-electron chi connectivity index (χ2n) is 4.76. The topological polar surface area (TPSA) is 58.4 Å². The van der Waals surface area contributed by atoms with Gasteiger partial charge in [-0.3, -0.25) is 9.69 Å². The Bertz CT molecular complexity index is 220. The fourth-order valence-corrected chi connectivity index (χ4v) is 2.54. The van der Waals surface area contributed by atoms with Crippen molar-refractivity contribution >= 4 is 5.91 Å². The van der Waals surface area contributed by atoms with E-state index in [-0.39, 0.29) is 5.91 Å². The normalized spacial score (nSPS) is 25.0. The molecule has 94 valence electrons. The Kier molecular flexibility index (Phi) is 5.77. The third kappa shape index (κ3) is 3.76. The summed E-state index contributed by atoms with van der Waals surface area (Å²) < 4.78 is 0. The van der Waals surface area contributed by atoms with Crippen LogP contribution in [0.1, 0.15) is 32.6 Å². The minimum absolute atomic E-state index is 0.132. The Morgan fingerprint density at radius 3 is 2.88 bits per heavy atom. The number of nitrogens with zero attached hydrogens (tertiary/aromatic N) is 1. The molecule has 1 aliphatic rings. The number of carbonyl (C=O) groups is 1. The Morgan fingerprint density at radius 2 is 2.25 bits per heavy atom. The van der Waals surface area contributed by atoms with Crippen LogP contribution >= 0.6 is 0 Å². The Labute approximate surface area is 98.6 Å². The van der Waals surface area contributed by atoms with Gasteiger partial charge in [0, 0.05) is 12.6 Å². The van der Waals surface area contributed by atoms with Crippen molar-refractivity contribution in [2.45, 2.75) is 38.6 Å². The van der Waals surface area contributed by atoms with Crippen LogP contribution in [0.2, 0.25) is 0 Å². The minimum atomic E-state index is 0.132. The third-order valence-electron chi connectivity index (χ3n) is 3.45. The summed E-state index contributed by atoms with van der Waals surface area (Å²) in [5, 5.41) is 2.91. The average Bonchev–Trinajstić information content (AvgIpc) is 2.74. The summed E-state index contributed by atoms with van der Waals surface area (Å²) in [4.78, 5) is 13.7. The zero-order valence-electron chi connectivity index (χ0n) is 10.5. The number of hydrogen-bond donors (Lipinski definition) is 2. The highest BCUT2D eigenvalue weighted by Crippen LogP contribution is 2.28. The van der Waals surface area contributed by atoms with Gasteiger partial charge in [0.1, 0.15) is 0 Å². The number of amides is 1. The Balaban J connectivity index is 2.33. The van der Waals surface area contributed by atoms with Crippen LogP contribution in [0.15, 0.2) is 0 Å². The second-order valence-corrected chi connectivity index (χ2v) is 4.76. The van der Waals surface area contributed by atoms with E-state index < -0.39 is 0 Å². The molecule has 1 saturated carbocycles. The Hall–Kier alpha value is -0.610. The standard InChI is InChI=1S/C12H25N3O/c1-3-7-14-12(16)9-15(2)11-6-4-5-10(11)8-13/h10-11H,3-9,13H2,1-2H3,(H,14,16). The van der Waals surface area contributed by atoms with Crippen LogP contribution in [0.3, 0.4) is 0 Å². The van der Waals surface area contributed by atoms with Gasteiger partial charge >= 0.3 is 0 Å². The number of nitrogens with one attached hydrogen (secondary N) is 1. The van der Waals surface area contributed by atoms with E-state index in [4.69, 9.17) is 5.73 Å². The highest BCUT2D eigenvalue weighted by atomic mass is 16.2. The highest BCUT2D eigenvalue weighted by Gasteiger charge is 2.29. The van der Waals surface area contributed by atoms with E-state index in [1.165, 1.54) is 19.3 Å². The Morgan fingerprint density at radius 1 is 1.50 bits per heavy atom. The molecule has 4 heteroatoms. The van der Waals surface area contributed by atoms with Crippen molar-refractivity contribution in [3.63, 3.8) is 0 Å². The first-order valence-corrected chi connectivity index (χ1v) is 6.36. The van der Waals surface area contributed by atoms with Crippen molar-refractivity contribution in [3.05, 3.63) is 0 Å². The maximum absolute atomic E-state index is 11.6. The molecule has 0 aromatic rings. The summed E-state index contributed by atoms with van der Waals surface area (Å²) in [5.41, 5.74) is 5.75. The lowest BCUT2D eigenvalue weighted by molar-refractivity contribution is -0.122. The molecule has 1 amide bonds. The maximum Gasteiger partial charge on any atom is 0.234 e. The van der Waals surface area contributed by atoms with Gasteiger partial charge in [-0.2, -0.15) is 0 Å². The fraction of sp³-hybridized carbons (Fsp3) is 0.917. The van der Waals surface area contributed by atoms with Crippen molar-refractivity contribution in [2.24, 2.45) is 11.7 Å². The van der Waals surface area contributed by atoms with Crippen LogP contribution in [0, 0.1) is 5.92 Å². The van der Waals surface area contributed by atoms with Crippen LogP contribution in [0.5, 0.6) is 0 Å². The van der Waals surface area contributed by atoms with E-state index in [1.807, 2.05) is 7.05 Å². The maximum atomic E-state index is 11.6. The van der Waals surface area contributed by atoms with Gasteiger partial charge in [-0.25, -0.2) is 0 Å². The van der Waals surface area contributed by atoms with Gasteiger partial charge < -0.3 is 11.1 Å². The molecule has 0 aromatic carbocycles. The fourth-order valence-electron chi connectivity index (χ4n) is 2.54. The van der Waals surface area contributed by atoms with Crippen LogP contribution in [0.4, 0.5) is 0 Å². The van der Waals surface area contributed by atoms with Gasteiger partial charge in [-0.1, -0.05) is 13.3 Å². The van der Waals surface area contributed by atoms with Gasteiger partial charge in [-0.05, 0) is 38.8 Å². The molecular weight excluding hydrogens is 202 g/mol. The van der Waals surface area contributed by atoms with Gasteiger partial charge in [-0.15, -0.1) is 0 Å². The van der Waals surface area contributed by atoms with E-state index in [2.05, 4.69) is 17.1 Å². The van der Waals surface area contributed by atoms with Crippen molar-refractivity contribution in [1.82, 2.24) is 10.2 Å². The lowest BCUT2D eigenvalue weighted by Gasteiger charge is -2.28. The first-order chi connectivity index (χ1) is 7.69. The minimum Gasteiger partial charge on any atom is -0.355 e. The number of likely N-dealkylation sites (N-methyl/N-ethyl adjacent to an activating group) is 1. The van der Waals surface area contributed by atoms with Crippen LogP contribution in [-0.4, -0.2) is 43.5 Å². The molecule has 4 nitrogen and oxygen atoms in total. The molecular formula is C12H25N3O. The SMILES string of the molecule is CCCNC(=O)CN(C)C1CCCC1CN. The van der Waals surface area contributed by atoms with Crippen molar-refractivity contribution in [3.8, 4) is 0 Å². The van der Waals surface area contributed by atoms with Gasteiger partial charge in [0.2, 0.25) is 5.91 Å². The zero-order chi connectivity index (χ0) is 12.0. The summed E-state index contributed by atoms with van der Waals surface area (Å²) in [6.07, 6.45) is 4.62. The summed E-state index contributed by atoms with van der Waals surface area (Å²) in [7, 11) is 2.03. The average molecular weight is 227 g/mol. The molecule has 0 radical (unpaired) electrons. The summed E-state index contributed by atoms with van der Waals surface area (Å²) in [5.74, 6) is 0.705. The quantitative estimate of drug-likeness (QED) is 0.697. The summed E-state index contributed by atoms with van der Waals surface area (Å²) in [6.45, 7) is 4.08. The third-order valence-corrected chi connectivity index (χ3v) is 3.45. The number of carbonyl (C=O) groups excluding carboxylic acids is 1. The predicted molar refractivity (Wildman–Crippen MR) is 66.1 cm³/mol. The first kappa shape index (κ1) is 13.5. The van der Waals surface area contributed by atoms with Gasteiger partial charge in [0.25, 0.3) is 0 Å². The second kappa shape index (κ2) is 6.86. The molecule has 1 fully saturated rings. The molecule has 0 heterocycles. The molecule has 2 unspecified atom stereocenters. The molecule has 0 aliphatic heterocycles. The largest absolute Gasteiger partial charge is 0.355 e. The van der Waals surface area contributed by atoms with Crippen LogP contribution in [0.25, 0.3) is 0 Å². The molecule has 16 heavy (non-hydrogen) atoms. The highest BCUT2D eigenvalue weighted by molar-refractivity contribution is 5.77. The van der Waals surface area contributed by atoms with Crippen molar-refractivity contribution in [2.75, 3.05) is 26.7 Å². The molecule has 2 atom stereocenters. The van der Waals surface area contributed by atoms with E-state index in [9.17, 15) is 4.79 Å². The first-order valence-electron chi connectivity index (χ1n) is 6.36. The number of hydrogen-bond acceptors (Lipinski definition) is 3. The zero-order valence-corrected chi connectivity index (χ0v) is 10.5. The number of nitrogens with two attached hydrogens (primary N) is 1. The van der Waals surface area contributed by atoms with E-state index in [0.717, 1.165) is 19.5 Å². The van der Waals surface area contributed by atoms with E-state index >= 15 is 0 Å². The van der Waals surface area contributed by atoms with Crippen molar-refractivity contribution < 1.29 is 4.79 Å². The molecule has 0 spiro atoms. The van der Waals surface area contributed by atoms with E-state index in [0.29, 0.717) is 18.5 Å². The molecule has 3 N–H and O–H groups in total. The summed E-state index contributed by atoms with van der Waals surface area (Å²) >= 11 is 0.